The quantitative estimate of drug-likeness (QED) is 0.718. The van der Waals surface area contributed by atoms with Gasteiger partial charge in [-0.25, -0.2) is 9.78 Å². The Morgan fingerprint density at radius 3 is 2.84 bits per heavy atom. The van der Waals surface area contributed by atoms with Crippen LogP contribution < -0.4 is 10.6 Å². The summed E-state index contributed by atoms with van der Waals surface area (Å²) in [6.45, 7) is 5.56. The molecule has 0 aliphatic rings. The van der Waals surface area contributed by atoms with Crippen LogP contribution in [0.25, 0.3) is 0 Å². The van der Waals surface area contributed by atoms with Crippen molar-refractivity contribution in [1.29, 1.82) is 0 Å². The van der Waals surface area contributed by atoms with E-state index in [0.29, 0.717) is 36.6 Å². The molecule has 1 aromatic rings. The molecule has 0 aliphatic carbocycles. The van der Waals surface area contributed by atoms with E-state index in [1.807, 2.05) is 11.8 Å². The molecule has 3 N–H and O–H groups in total. The molecule has 1 rings (SSSR count). The number of nitrogen functional groups attached to an aromatic ring is 1. The third kappa shape index (κ3) is 4.10. The topological polar surface area (TPSA) is 88.7 Å². The summed E-state index contributed by atoms with van der Waals surface area (Å²) in [5.74, 6) is 0.218. The molecule has 0 aromatic carbocycles. The molecule has 0 spiro atoms. The standard InChI is InChI=1S/C13H21N3O3/c1-3-16(6-5-7-17)12-8-10(11(14)9-15-12)13(18)19-4-2/h8-9,17H,3-7,14H2,1-2H3. The molecule has 106 valence electrons. The summed E-state index contributed by atoms with van der Waals surface area (Å²) < 4.78 is 4.95. The van der Waals surface area contributed by atoms with Crippen molar-refractivity contribution in [2.75, 3.05) is 36.9 Å². The molecule has 0 unspecified atom stereocenters. The van der Waals surface area contributed by atoms with Crippen LogP contribution in [0.3, 0.4) is 0 Å². The van der Waals surface area contributed by atoms with Crippen LogP contribution in [-0.2, 0) is 4.74 Å². The summed E-state index contributed by atoms with van der Waals surface area (Å²) >= 11 is 0. The van der Waals surface area contributed by atoms with E-state index in [-0.39, 0.29) is 6.61 Å². The second-order valence-electron chi connectivity index (χ2n) is 4.01. The van der Waals surface area contributed by atoms with Gasteiger partial charge in [-0.3, -0.25) is 0 Å². The van der Waals surface area contributed by atoms with Crippen LogP contribution in [0.2, 0.25) is 0 Å². The maximum absolute atomic E-state index is 11.8. The van der Waals surface area contributed by atoms with Crippen LogP contribution in [0, 0.1) is 0 Å². The second-order valence-corrected chi connectivity index (χ2v) is 4.01. The Morgan fingerprint density at radius 1 is 1.53 bits per heavy atom. The number of hydrogen-bond donors (Lipinski definition) is 2. The number of esters is 1. The summed E-state index contributed by atoms with van der Waals surface area (Å²) in [4.78, 5) is 17.9. The Hall–Kier alpha value is -1.82. The van der Waals surface area contributed by atoms with Gasteiger partial charge in [0, 0.05) is 19.7 Å². The summed E-state index contributed by atoms with van der Waals surface area (Å²) in [6.07, 6.45) is 2.11. The van der Waals surface area contributed by atoms with Gasteiger partial charge in [-0.2, -0.15) is 0 Å². The van der Waals surface area contributed by atoms with Crippen molar-refractivity contribution < 1.29 is 14.6 Å². The van der Waals surface area contributed by atoms with Crippen LogP contribution in [0.5, 0.6) is 0 Å². The van der Waals surface area contributed by atoms with Gasteiger partial charge >= 0.3 is 5.97 Å². The number of pyridine rings is 1. The van der Waals surface area contributed by atoms with Gasteiger partial charge < -0.3 is 20.5 Å². The first-order valence-electron chi connectivity index (χ1n) is 6.42. The summed E-state index contributed by atoms with van der Waals surface area (Å²) in [6, 6.07) is 1.63. The van der Waals surface area contributed by atoms with Crippen LogP contribution >= 0.6 is 0 Å². The Labute approximate surface area is 113 Å². The highest BCUT2D eigenvalue weighted by Crippen LogP contribution is 2.19. The first-order valence-corrected chi connectivity index (χ1v) is 6.42. The minimum absolute atomic E-state index is 0.121. The van der Waals surface area contributed by atoms with Gasteiger partial charge in [-0.15, -0.1) is 0 Å². The third-order valence-electron chi connectivity index (χ3n) is 2.71. The zero-order valence-corrected chi connectivity index (χ0v) is 11.4. The van der Waals surface area contributed by atoms with Gasteiger partial charge in [0.25, 0.3) is 0 Å². The van der Waals surface area contributed by atoms with Crippen LogP contribution in [0.15, 0.2) is 12.3 Å². The molecule has 6 nitrogen and oxygen atoms in total. The normalized spacial score (nSPS) is 10.3. The highest BCUT2D eigenvalue weighted by atomic mass is 16.5. The SMILES string of the molecule is CCOC(=O)c1cc(N(CC)CCCO)ncc1N. The fourth-order valence-corrected chi connectivity index (χ4v) is 1.71. The van der Waals surface area contributed by atoms with E-state index in [9.17, 15) is 4.79 Å². The van der Waals surface area contributed by atoms with E-state index in [1.54, 1.807) is 13.0 Å². The van der Waals surface area contributed by atoms with Crippen LogP contribution in [0.1, 0.15) is 30.6 Å². The van der Waals surface area contributed by atoms with Gasteiger partial charge in [-0.1, -0.05) is 0 Å². The molecule has 0 fully saturated rings. The van der Waals surface area contributed by atoms with Crippen molar-refractivity contribution >= 4 is 17.5 Å². The fourth-order valence-electron chi connectivity index (χ4n) is 1.71. The maximum atomic E-state index is 11.8. The Bertz CT molecular complexity index is 424. The van der Waals surface area contributed by atoms with Gasteiger partial charge in [0.2, 0.25) is 0 Å². The van der Waals surface area contributed by atoms with E-state index in [4.69, 9.17) is 15.6 Å². The van der Waals surface area contributed by atoms with Crippen molar-refractivity contribution in [2.24, 2.45) is 0 Å². The van der Waals surface area contributed by atoms with Crippen molar-refractivity contribution in [3.05, 3.63) is 17.8 Å². The third-order valence-corrected chi connectivity index (χ3v) is 2.71. The zero-order valence-electron chi connectivity index (χ0n) is 11.4. The molecule has 0 atom stereocenters. The largest absolute Gasteiger partial charge is 0.462 e. The van der Waals surface area contributed by atoms with E-state index in [0.717, 1.165) is 6.54 Å². The van der Waals surface area contributed by atoms with Gasteiger partial charge in [0.15, 0.2) is 0 Å². The van der Waals surface area contributed by atoms with Crippen LogP contribution in [-0.4, -0.2) is 42.4 Å². The predicted molar refractivity (Wildman–Crippen MR) is 74.2 cm³/mol. The molecule has 1 heterocycles. The molecule has 0 radical (unpaired) electrons. The molecule has 1 aromatic heterocycles. The van der Waals surface area contributed by atoms with E-state index in [1.165, 1.54) is 6.20 Å². The van der Waals surface area contributed by atoms with E-state index < -0.39 is 5.97 Å². The number of aromatic nitrogens is 1. The number of carbonyl (C=O) groups is 1. The first kappa shape index (κ1) is 15.2. The second kappa shape index (κ2) is 7.58. The smallest absolute Gasteiger partial charge is 0.340 e. The number of carbonyl (C=O) groups excluding carboxylic acids is 1. The fraction of sp³-hybridized carbons (Fsp3) is 0.538. The molecule has 0 saturated heterocycles. The van der Waals surface area contributed by atoms with E-state index >= 15 is 0 Å². The predicted octanol–water partition coefficient (Wildman–Crippen LogP) is 1.05. The minimum atomic E-state index is -0.443. The van der Waals surface area contributed by atoms with Crippen LogP contribution in [0.4, 0.5) is 11.5 Å². The van der Waals surface area contributed by atoms with Crippen molar-refractivity contribution in [2.45, 2.75) is 20.3 Å². The molecule has 0 bridgehead atoms. The molecule has 6 heteroatoms. The lowest BCUT2D eigenvalue weighted by molar-refractivity contribution is 0.0527. The van der Waals surface area contributed by atoms with Gasteiger partial charge in [-0.05, 0) is 26.3 Å². The molecule has 0 aliphatic heterocycles. The Kier molecular flexibility index (Phi) is 6.08. The number of hydrogen-bond acceptors (Lipinski definition) is 6. The number of rotatable bonds is 7. The molecular weight excluding hydrogens is 246 g/mol. The monoisotopic (exact) mass is 267 g/mol. The van der Waals surface area contributed by atoms with Gasteiger partial charge in [0.1, 0.15) is 5.82 Å². The van der Waals surface area contributed by atoms with E-state index in [2.05, 4.69) is 4.98 Å². The number of aliphatic hydroxyl groups excluding tert-OH is 1. The number of anilines is 2. The number of nitrogens with zero attached hydrogens (tertiary/aromatic N) is 2. The minimum Gasteiger partial charge on any atom is -0.462 e. The lowest BCUT2D eigenvalue weighted by atomic mass is 10.2. The average Bonchev–Trinajstić information content (AvgIpc) is 2.41. The molecule has 0 amide bonds. The van der Waals surface area contributed by atoms with Crippen molar-refractivity contribution in [1.82, 2.24) is 4.98 Å². The lowest BCUT2D eigenvalue weighted by Gasteiger charge is -2.22. The molecular formula is C13H21N3O3. The number of ether oxygens (including phenoxy) is 1. The van der Waals surface area contributed by atoms with Crippen molar-refractivity contribution in [3.8, 4) is 0 Å². The Morgan fingerprint density at radius 2 is 2.26 bits per heavy atom. The molecule has 0 saturated carbocycles. The lowest BCUT2D eigenvalue weighted by Crippen LogP contribution is -2.26. The highest BCUT2D eigenvalue weighted by molar-refractivity contribution is 5.95. The van der Waals surface area contributed by atoms with Gasteiger partial charge in [0.05, 0.1) is 24.1 Å². The summed E-state index contributed by atoms with van der Waals surface area (Å²) in [5.41, 5.74) is 6.37. The molecule has 19 heavy (non-hydrogen) atoms. The maximum Gasteiger partial charge on any atom is 0.340 e. The highest BCUT2D eigenvalue weighted by Gasteiger charge is 2.14. The number of nitrogens with two attached hydrogens (primary N) is 1. The van der Waals surface area contributed by atoms with Crippen molar-refractivity contribution in [3.63, 3.8) is 0 Å². The zero-order chi connectivity index (χ0) is 14.3. The first-order chi connectivity index (χ1) is 9.13. The summed E-state index contributed by atoms with van der Waals surface area (Å²) in [5, 5.41) is 8.87. The average molecular weight is 267 g/mol. The number of aliphatic hydroxyl groups is 1. The summed E-state index contributed by atoms with van der Waals surface area (Å²) in [7, 11) is 0. The Balaban J connectivity index is 2.96.